The molecule has 0 aliphatic carbocycles. The third-order valence-electron chi connectivity index (χ3n) is 3.13. The molecule has 0 aliphatic heterocycles. The largest absolute Gasteiger partial charge is 0.494 e. The normalized spacial score (nSPS) is 12.7. The minimum absolute atomic E-state index is 0.370. The van der Waals surface area contributed by atoms with Crippen molar-refractivity contribution >= 4 is 0 Å². The number of ether oxygens (including phenoxy) is 2. The van der Waals surface area contributed by atoms with Crippen LogP contribution in [0.4, 0.5) is 0 Å². The number of para-hydroxylation sites is 1. The number of benzene rings is 1. The highest BCUT2D eigenvalue weighted by molar-refractivity contribution is 5.33. The first-order chi connectivity index (χ1) is 9.19. The molecule has 0 fully saturated rings. The topological polar surface area (TPSA) is 30.5 Å². The van der Waals surface area contributed by atoms with E-state index < -0.39 is 0 Å². The van der Waals surface area contributed by atoms with Gasteiger partial charge in [-0.3, -0.25) is 0 Å². The van der Waals surface area contributed by atoms with Crippen LogP contribution < -0.4 is 10.1 Å². The van der Waals surface area contributed by atoms with E-state index in [1.807, 2.05) is 32.0 Å². The van der Waals surface area contributed by atoms with Crippen molar-refractivity contribution in [2.45, 2.75) is 40.3 Å². The first kappa shape index (κ1) is 16.0. The van der Waals surface area contributed by atoms with E-state index >= 15 is 0 Å². The second-order valence-electron chi connectivity index (χ2n) is 4.93. The summed E-state index contributed by atoms with van der Waals surface area (Å²) in [4.78, 5) is 0. The summed E-state index contributed by atoms with van der Waals surface area (Å²) in [5.41, 5.74) is 1.20. The fourth-order valence-electron chi connectivity index (χ4n) is 1.92. The van der Waals surface area contributed by atoms with Gasteiger partial charge in [-0.1, -0.05) is 32.0 Å². The lowest BCUT2D eigenvalue weighted by molar-refractivity contribution is 0.107. The summed E-state index contributed by atoms with van der Waals surface area (Å²) in [6.45, 7) is 11.5. The van der Waals surface area contributed by atoms with Gasteiger partial charge >= 0.3 is 0 Å². The highest BCUT2D eigenvalue weighted by atomic mass is 16.5. The summed E-state index contributed by atoms with van der Waals surface area (Å²) in [7, 11) is 0. The molecule has 3 heteroatoms. The van der Waals surface area contributed by atoms with E-state index in [0.29, 0.717) is 18.6 Å². The van der Waals surface area contributed by atoms with E-state index in [2.05, 4.69) is 25.2 Å². The van der Waals surface area contributed by atoms with Gasteiger partial charge in [0.05, 0.1) is 13.2 Å². The highest BCUT2D eigenvalue weighted by Crippen LogP contribution is 2.18. The molecule has 0 aromatic heterocycles. The van der Waals surface area contributed by atoms with Gasteiger partial charge in [0.2, 0.25) is 0 Å². The number of hydrogen-bond donors (Lipinski definition) is 1. The predicted molar refractivity (Wildman–Crippen MR) is 79.6 cm³/mol. The van der Waals surface area contributed by atoms with Gasteiger partial charge in [-0.25, -0.2) is 0 Å². The minimum Gasteiger partial charge on any atom is -0.494 e. The molecule has 0 heterocycles. The Morgan fingerprint density at radius 1 is 1.11 bits per heavy atom. The SMILES string of the molecule is CCOCC(NCc1ccccc1OCC)C(C)C. The Kier molecular flexibility index (Phi) is 7.53. The molecule has 0 aliphatic rings. The molecule has 1 atom stereocenters. The Bertz CT molecular complexity index is 352. The van der Waals surface area contributed by atoms with Crippen molar-refractivity contribution in [3.63, 3.8) is 0 Å². The van der Waals surface area contributed by atoms with Crippen LogP contribution in [0, 0.1) is 5.92 Å². The van der Waals surface area contributed by atoms with Crippen molar-refractivity contribution in [3.05, 3.63) is 29.8 Å². The van der Waals surface area contributed by atoms with Crippen LogP contribution in [0.3, 0.4) is 0 Å². The van der Waals surface area contributed by atoms with E-state index in [-0.39, 0.29) is 0 Å². The van der Waals surface area contributed by atoms with Crippen molar-refractivity contribution in [2.75, 3.05) is 19.8 Å². The molecular weight excluding hydrogens is 238 g/mol. The van der Waals surface area contributed by atoms with Gasteiger partial charge in [0, 0.05) is 24.8 Å². The van der Waals surface area contributed by atoms with Crippen LogP contribution in [0.25, 0.3) is 0 Å². The van der Waals surface area contributed by atoms with E-state index in [1.54, 1.807) is 0 Å². The summed E-state index contributed by atoms with van der Waals surface area (Å²) in [6, 6.07) is 8.56. The standard InChI is InChI=1S/C16H27NO2/c1-5-18-12-15(13(3)4)17-11-14-9-7-8-10-16(14)19-6-2/h7-10,13,15,17H,5-6,11-12H2,1-4H3. The van der Waals surface area contributed by atoms with E-state index in [4.69, 9.17) is 9.47 Å². The Labute approximate surface area is 117 Å². The molecule has 0 radical (unpaired) electrons. The van der Waals surface area contributed by atoms with E-state index in [0.717, 1.165) is 25.5 Å². The van der Waals surface area contributed by atoms with Gasteiger partial charge in [-0.05, 0) is 25.8 Å². The highest BCUT2D eigenvalue weighted by Gasteiger charge is 2.13. The fraction of sp³-hybridized carbons (Fsp3) is 0.625. The summed E-state index contributed by atoms with van der Waals surface area (Å²) in [5.74, 6) is 1.52. The third kappa shape index (κ3) is 5.62. The number of nitrogens with one attached hydrogen (secondary N) is 1. The molecule has 1 aromatic carbocycles. The van der Waals surface area contributed by atoms with Crippen LogP contribution in [-0.4, -0.2) is 25.9 Å². The Balaban J connectivity index is 2.58. The molecule has 0 saturated heterocycles. The van der Waals surface area contributed by atoms with Crippen LogP contribution >= 0.6 is 0 Å². The lowest BCUT2D eigenvalue weighted by atomic mass is 10.0. The van der Waals surface area contributed by atoms with Crippen LogP contribution in [0.5, 0.6) is 5.75 Å². The summed E-state index contributed by atoms with van der Waals surface area (Å²) in [5, 5.41) is 3.56. The number of hydrogen-bond acceptors (Lipinski definition) is 3. The van der Waals surface area contributed by atoms with Crippen LogP contribution in [-0.2, 0) is 11.3 Å². The van der Waals surface area contributed by atoms with E-state index in [1.165, 1.54) is 5.56 Å². The summed E-state index contributed by atoms with van der Waals surface area (Å²) in [6.07, 6.45) is 0. The molecule has 0 bridgehead atoms. The molecule has 108 valence electrons. The van der Waals surface area contributed by atoms with Crippen molar-refractivity contribution in [2.24, 2.45) is 5.92 Å². The second kappa shape index (κ2) is 8.94. The maximum Gasteiger partial charge on any atom is 0.123 e. The zero-order valence-electron chi connectivity index (χ0n) is 12.6. The summed E-state index contributed by atoms with van der Waals surface area (Å²) < 4.78 is 11.2. The zero-order valence-corrected chi connectivity index (χ0v) is 12.6. The van der Waals surface area contributed by atoms with Crippen LogP contribution in [0.2, 0.25) is 0 Å². The average molecular weight is 265 g/mol. The van der Waals surface area contributed by atoms with Gasteiger partial charge in [-0.2, -0.15) is 0 Å². The maximum atomic E-state index is 5.64. The van der Waals surface area contributed by atoms with E-state index in [9.17, 15) is 0 Å². The van der Waals surface area contributed by atoms with Gasteiger partial charge in [-0.15, -0.1) is 0 Å². The van der Waals surface area contributed by atoms with Gasteiger partial charge in [0.1, 0.15) is 5.75 Å². The zero-order chi connectivity index (χ0) is 14.1. The lowest BCUT2D eigenvalue weighted by Crippen LogP contribution is -2.37. The fourth-order valence-corrected chi connectivity index (χ4v) is 1.92. The second-order valence-corrected chi connectivity index (χ2v) is 4.93. The smallest absolute Gasteiger partial charge is 0.123 e. The molecule has 1 rings (SSSR count). The molecule has 0 spiro atoms. The van der Waals surface area contributed by atoms with Gasteiger partial charge in [0.25, 0.3) is 0 Å². The Morgan fingerprint density at radius 2 is 1.84 bits per heavy atom. The molecule has 1 unspecified atom stereocenters. The quantitative estimate of drug-likeness (QED) is 0.743. The molecule has 0 saturated carbocycles. The van der Waals surface area contributed by atoms with Gasteiger partial charge < -0.3 is 14.8 Å². The Morgan fingerprint density at radius 3 is 2.47 bits per heavy atom. The molecule has 3 nitrogen and oxygen atoms in total. The van der Waals surface area contributed by atoms with Crippen LogP contribution in [0.1, 0.15) is 33.3 Å². The van der Waals surface area contributed by atoms with Crippen molar-refractivity contribution in [1.82, 2.24) is 5.32 Å². The monoisotopic (exact) mass is 265 g/mol. The molecule has 0 amide bonds. The first-order valence-electron chi connectivity index (χ1n) is 7.20. The minimum atomic E-state index is 0.370. The third-order valence-corrected chi connectivity index (χ3v) is 3.13. The first-order valence-corrected chi connectivity index (χ1v) is 7.20. The predicted octanol–water partition coefficient (Wildman–Crippen LogP) is 3.24. The lowest BCUT2D eigenvalue weighted by Gasteiger charge is -2.23. The molecular formula is C16H27NO2. The Hall–Kier alpha value is -1.06. The summed E-state index contributed by atoms with van der Waals surface area (Å²) >= 11 is 0. The molecule has 19 heavy (non-hydrogen) atoms. The van der Waals surface area contributed by atoms with Crippen molar-refractivity contribution < 1.29 is 9.47 Å². The average Bonchev–Trinajstić information content (AvgIpc) is 2.40. The van der Waals surface area contributed by atoms with Gasteiger partial charge in [0.15, 0.2) is 0 Å². The maximum absolute atomic E-state index is 5.64. The molecule has 1 aromatic rings. The van der Waals surface area contributed by atoms with Crippen molar-refractivity contribution in [3.8, 4) is 5.75 Å². The van der Waals surface area contributed by atoms with Crippen molar-refractivity contribution in [1.29, 1.82) is 0 Å². The van der Waals surface area contributed by atoms with Crippen LogP contribution in [0.15, 0.2) is 24.3 Å². The number of rotatable bonds is 9. The molecule has 1 N–H and O–H groups in total.